The standard InChI is InChI=1S/C9H6N2O2Se/c10-9-11-4-8(14-9)6-3-5(12)1-2-7(6)13/h1-4H,(H2,10,11). The van der Waals surface area contributed by atoms with Crippen LogP contribution in [0.4, 0.5) is 4.69 Å². The number of hydrogen-bond acceptors (Lipinski definition) is 4. The first-order valence-electron chi connectivity index (χ1n) is 3.86. The van der Waals surface area contributed by atoms with Gasteiger partial charge >= 0.3 is 85.5 Å². The molecule has 0 amide bonds. The molecule has 14 heavy (non-hydrogen) atoms. The van der Waals surface area contributed by atoms with Crippen molar-refractivity contribution in [1.82, 2.24) is 4.98 Å². The number of nitrogens with zero attached hydrogens (tertiary/aromatic N) is 1. The van der Waals surface area contributed by atoms with Crippen LogP contribution in [0.1, 0.15) is 4.44 Å². The third kappa shape index (κ3) is 1.60. The van der Waals surface area contributed by atoms with Gasteiger partial charge in [0.25, 0.3) is 0 Å². The molecule has 1 heterocycles. The van der Waals surface area contributed by atoms with Gasteiger partial charge in [0, 0.05) is 0 Å². The van der Waals surface area contributed by atoms with E-state index in [0.29, 0.717) is 10.3 Å². The number of nitrogens with two attached hydrogens (primary N) is 1. The summed E-state index contributed by atoms with van der Waals surface area (Å²) in [6.45, 7) is 0. The van der Waals surface area contributed by atoms with E-state index < -0.39 is 0 Å². The minimum absolute atomic E-state index is 0.118. The molecule has 0 saturated heterocycles. The number of hydrogen-bond donors (Lipinski definition) is 1. The molecule has 1 aliphatic carbocycles. The average Bonchev–Trinajstić information content (AvgIpc) is 2.56. The van der Waals surface area contributed by atoms with Gasteiger partial charge in [-0.1, -0.05) is 0 Å². The van der Waals surface area contributed by atoms with Crippen LogP contribution in [0.5, 0.6) is 0 Å². The molecular formula is C9H6N2O2Se. The topological polar surface area (TPSA) is 73.0 Å². The van der Waals surface area contributed by atoms with Crippen LogP contribution < -0.4 is 5.73 Å². The van der Waals surface area contributed by atoms with Crippen LogP contribution in [0.25, 0.3) is 5.57 Å². The van der Waals surface area contributed by atoms with Crippen molar-refractivity contribution in [2.75, 3.05) is 5.73 Å². The minimum atomic E-state index is -0.165. The molecule has 0 atom stereocenters. The van der Waals surface area contributed by atoms with Crippen molar-refractivity contribution in [2.45, 2.75) is 0 Å². The number of rotatable bonds is 1. The Balaban J connectivity index is 2.44. The van der Waals surface area contributed by atoms with Crippen LogP contribution in [0.3, 0.4) is 0 Å². The van der Waals surface area contributed by atoms with Crippen LogP contribution >= 0.6 is 0 Å². The summed E-state index contributed by atoms with van der Waals surface area (Å²) in [5.74, 6) is -0.315. The van der Waals surface area contributed by atoms with Crippen molar-refractivity contribution in [3.63, 3.8) is 0 Å². The van der Waals surface area contributed by atoms with Crippen molar-refractivity contribution < 1.29 is 9.59 Å². The number of carbonyl (C=O) groups excluding carboxylic acids is 2. The molecule has 0 spiro atoms. The Labute approximate surface area is 85.9 Å². The third-order valence-corrected chi connectivity index (χ3v) is 3.54. The molecule has 5 heteroatoms. The Bertz CT molecular complexity index is 471. The zero-order valence-corrected chi connectivity index (χ0v) is 8.77. The van der Waals surface area contributed by atoms with Crippen LogP contribution in [-0.2, 0) is 9.59 Å². The molecule has 4 nitrogen and oxygen atoms in total. The molecule has 0 aliphatic heterocycles. The van der Waals surface area contributed by atoms with Gasteiger partial charge in [0.2, 0.25) is 0 Å². The first-order valence-corrected chi connectivity index (χ1v) is 5.58. The first kappa shape index (κ1) is 9.12. The molecule has 1 aliphatic rings. The Morgan fingerprint density at radius 1 is 1.29 bits per heavy atom. The second-order valence-corrected chi connectivity index (χ2v) is 4.95. The predicted molar refractivity (Wildman–Crippen MR) is 52.7 cm³/mol. The molecular weight excluding hydrogens is 247 g/mol. The molecule has 0 radical (unpaired) electrons. The van der Waals surface area contributed by atoms with Gasteiger partial charge in [0.05, 0.1) is 0 Å². The second kappa shape index (κ2) is 3.36. The molecule has 0 aromatic carbocycles. The summed E-state index contributed by atoms with van der Waals surface area (Å²) in [7, 11) is 0. The molecule has 1 aromatic heterocycles. The van der Waals surface area contributed by atoms with Gasteiger partial charge in [-0.2, -0.15) is 0 Å². The summed E-state index contributed by atoms with van der Waals surface area (Å²) >= 11 is -0.118. The van der Waals surface area contributed by atoms with Crippen molar-refractivity contribution in [3.05, 3.63) is 28.9 Å². The molecule has 70 valence electrons. The number of ketones is 2. The van der Waals surface area contributed by atoms with E-state index in [1.54, 1.807) is 6.20 Å². The van der Waals surface area contributed by atoms with E-state index in [1.165, 1.54) is 18.2 Å². The summed E-state index contributed by atoms with van der Waals surface area (Å²) in [5.41, 5.74) is 5.93. The number of aromatic nitrogens is 1. The maximum atomic E-state index is 11.4. The normalized spacial score (nSPS) is 15.9. The van der Waals surface area contributed by atoms with E-state index in [4.69, 9.17) is 5.73 Å². The summed E-state index contributed by atoms with van der Waals surface area (Å²) in [4.78, 5) is 26.3. The summed E-state index contributed by atoms with van der Waals surface area (Å²) in [6, 6.07) is 0. The fraction of sp³-hybridized carbons (Fsp3) is 0. The van der Waals surface area contributed by atoms with Crippen molar-refractivity contribution in [3.8, 4) is 0 Å². The van der Waals surface area contributed by atoms with E-state index >= 15 is 0 Å². The van der Waals surface area contributed by atoms with E-state index in [9.17, 15) is 9.59 Å². The molecule has 0 bridgehead atoms. The fourth-order valence-corrected chi connectivity index (χ4v) is 2.59. The number of nitrogen functional groups attached to an aromatic ring is 1. The monoisotopic (exact) mass is 254 g/mol. The Morgan fingerprint density at radius 2 is 2.07 bits per heavy atom. The van der Waals surface area contributed by atoms with Crippen LogP contribution in [0.2, 0.25) is 0 Å². The third-order valence-electron chi connectivity index (χ3n) is 1.74. The van der Waals surface area contributed by atoms with Gasteiger partial charge in [0.1, 0.15) is 0 Å². The van der Waals surface area contributed by atoms with Crippen LogP contribution in [-0.4, -0.2) is 31.1 Å². The predicted octanol–water partition coefficient (Wildman–Crippen LogP) is -0.188. The molecule has 2 N–H and O–H groups in total. The van der Waals surface area contributed by atoms with Crippen molar-refractivity contribution in [1.29, 1.82) is 0 Å². The Hall–Kier alpha value is -1.45. The van der Waals surface area contributed by atoms with Crippen molar-refractivity contribution >= 4 is 36.3 Å². The number of allylic oxidation sites excluding steroid dienone is 4. The molecule has 0 fully saturated rings. The molecule has 0 unspecified atom stereocenters. The second-order valence-electron chi connectivity index (χ2n) is 2.72. The van der Waals surface area contributed by atoms with Gasteiger partial charge < -0.3 is 0 Å². The van der Waals surface area contributed by atoms with E-state index in [0.717, 1.165) is 4.44 Å². The fourth-order valence-electron chi connectivity index (χ4n) is 1.11. The molecule has 0 saturated carbocycles. The van der Waals surface area contributed by atoms with E-state index in [2.05, 4.69) is 4.98 Å². The van der Waals surface area contributed by atoms with E-state index in [-0.39, 0.29) is 26.1 Å². The summed E-state index contributed by atoms with van der Waals surface area (Å²) < 4.78 is 1.31. The molecule has 1 aromatic rings. The Kier molecular flexibility index (Phi) is 2.19. The Morgan fingerprint density at radius 3 is 2.71 bits per heavy atom. The van der Waals surface area contributed by atoms with Gasteiger partial charge in [-0.25, -0.2) is 0 Å². The average molecular weight is 253 g/mol. The first-order chi connectivity index (χ1) is 6.66. The maximum absolute atomic E-state index is 11.4. The van der Waals surface area contributed by atoms with Crippen molar-refractivity contribution in [2.24, 2.45) is 0 Å². The zero-order valence-electron chi connectivity index (χ0n) is 7.06. The molecule has 2 rings (SSSR count). The van der Waals surface area contributed by atoms with Crippen LogP contribution in [0.15, 0.2) is 24.4 Å². The number of anilines is 1. The zero-order chi connectivity index (χ0) is 10.1. The summed E-state index contributed by atoms with van der Waals surface area (Å²) in [6.07, 6.45) is 5.44. The van der Waals surface area contributed by atoms with Gasteiger partial charge in [0.15, 0.2) is 0 Å². The van der Waals surface area contributed by atoms with E-state index in [1.807, 2.05) is 0 Å². The van der Waals surface area contributed by atoms with Crippen LogP contribution in [0, 0.1) is 0 Å². The van der Waals surface area contributed by atoms with Gasteiger partial charge in [-0.3, -0.25) is 0 Å². The quantitative estimate of drug-likeness (QED) is 0.556. The number of carbonyl (C=O) groups is 2. The van der Waals surface area contributed by atoms with Gasteiger partial charge in [-0.05, 0) is 0 Å². The summed E-state index contributed by atoms with van der Waals surface area (Å²) in [5, 5.41) is 0. The van der Waals surface area contributed by atoms with Gasteiger partial charge in [-0.15, -0.1) is 0 Å². The SMILES string of the molecule is Nc1ncc(C2=CC(=O)C=CC2=O)[se]1.